The molecule has 3 rings (SSSR count). The van der Waals surface area contributed by atoms with Gasteiger partial charge in [-0.25, -0.2) is 0 Å². The summed E-state index contributed by atoms with van der Waals surface area (Å²) in [6, 6.07) is 3.85. The molecule has 1 aromatic carbocycles. The van der Waals surface area contributed by atoms with Crippen molar-refractivity contribution in [2.45, 2.75) is 19.3 Å². The topological polar surface area (TPSA) is 86.4 Å². The fraction of sp³-hybridized carbons (Fsp3) is 0.286. The molecule has 1 amide bonds. The molecule has 4 N–H and O–H groups in total. The molecule has 0 fully saturated rings. The van der Waals surface area contributed by atoms with Crippen LogP contribution in [0.4, 0.5) is 0 Å². The third-order valence-corrected chi connectivity index (χ3v) is 3.97. The van der Waals surface area contributed by atoms with E-state index in [1.807, 2.05) is 23.7 Å². The van der Waals surface area contributed by atoms with E-state index in [0.29, 0.717) is 10.7 Å². The van der Waals surface area contributed by atoms with Gasteiger partial charge in [0.2, 0.25) is 0 Å². The van der Waals surface area contributed by atoms with Crippen LogP contribution in [0.1, 0.15) is 28.0 Å². The van der Waals surface area contributed by atoms with Gasteiger partial charge in [-0.2, -0.15) is 4.99 Å². The first kappa shape index (κ1) is 13.0. The third-order valence-electron chi connectivity index (χ3n) is 3.75. The molecule has 0 bridgehead atoms. The predicted molar refractivity (Wildman–Crippen MR) is 80.1 cm³/mol. The molecule has 5 nitrogen and oxygen atoms in total. The zero-order chi connectivity index (χ0) is 14.4. The van der Waals surface area contributed by atoms with Gasteiger partial charge in [-0.3, -0.25) is 4.79 Å². The lowest BCUT2D eigenvalue weighted by Crippen LogP contribution is -2.25. The van der Waals surface area contributed by atoms with Crippen molar-refractivity contribution in [2.75, 3.05) is 0 Å². The van der Waals surface area contributed by atoms with Crippen molar-refractivity contribution in [1.82, 2.24) is 4.57 Å². The lowest BCUT2D eigenvalue weighted by atomic mass is 9.91. The van der Waals surface area contributed by atoms with Crippen molar-refractivity contribution in [2.24, 2.45) is 23.5 Å². The van der Waals surface area contributed by atoms with Crippen molar-refractivity contribution < 1.29 is 4.79 Å². The minimum Gasteiger partial charge on any atom is -0.370 e. The van der Waals surface area contributed by atoms with Crippen LogP contribution in [0.3, 0.4) is 0 Å². The Labute approximate surface area is 121 Å². The molecule has 0 radical (unpaired) electrons. The smallest absolute Gasteiger partial charge is 0.297 e. The molecule has 0 saturated heterocycles. The Morgan fingerprint density at radius 3 is 2.80 bits per heavy atom. The Hall–Kier alpha value is -2.01. The molecule has 104 valence electrons. The number of nitrogens with two attached hydrogens (primary N) is 2. The van der Waals surface area contributed by atoms with Crippen LogP contribution < -0.4 is 11.5 Å². The van der Waals surface area contributed by atoms with E-state index in [1.165, 1.54) is 5.56 Å². The fourth-order valence-corrected chi connectivity index (χ4v) is 3.28. The van der Waals surface area contributed by atoms with Crippen molar-refractivity contribution in [3.05, 3.63) is 34.0 Å². The number of rotatable bonds is 1. The lowest BCUT2D eigenvalue weighted by molar-refractivity contribution is 0.0994. The lowest BCUT2D eigenvalue weighted by Gasteiger charge is -2.12. The molecule has 20 heavy (non-hydrogen) atoms. The van der Waals surface area contributed by atoms with Crippen LogP contribution in [-0.2, 0) is 19.9 Å². The summed E-state index contributed by atoms with van der Waals surface area (Å²) in [6.45, 7) is 0. The summed E-state index contributed by atoms with van der Waals surface area (Å²) in [7, 11) is 1.84. The predicted octanol–water partition coefficient (Wildman–Crippen LogP) is 1.73. The van der Waals surface area contributed by atoms with Crippen molar-refractivity contribution in [1.29, 1.82) is 0 Å². The van der Waals surface area contributed by atoms with Crippen molar-refractivity contribution in [3.8, 4) is 0 Å². The number of nitrogens with zero attached hydrogens (tertiary/aromatic N) is 2. The van der Waals surface area contributed by atoms with Gasteiger partial charge < -0.3 is 16.0 Å². The van der Waals surface area contributed by atoms with E-state index in [-0.39, 0.29) is 5.96 Å². The van der Waals surface area contributed by atoms with Crippen LogP contribution in [-0.4, -0.2) is 16.4 Å². The van der Waals surface area contributed by atoms with Gasteiger partial charge in [0.15, 0.2) is 5.96 Å². The van der Waals surface area contributed by atoms with E-state index in [0.717, 1.165) is 35.7 Å². The normalized spacial score (nSPS) is 13.5. The molecule has 0 spiro atoms. The van der Waals surface area contributed by atoms with Gasteiger partial charge in [0.05, 0.1) is 5.52 Å². The Balaban J connectivity index is 2.35. The number of carbonyl (C=O) groups is 1. The monoisotopic (exact) mass is 290 g/mol. The maximum atomic E-state index is 12.2. The Morgan fingerprint density at radius 1 is 1.35 bits per heavy atom. The van der Waals surface area contributed by atoms with Crippen LogP contribution in [0.15, 0.2) is 17.1 Å². The first-order valence-corrected chi connectivity index (χ1v) is 6.80. The largest absolute Gasteiger partial charge is 0.370 e. The van der Waals surface area contributed by atoms with E-state index < -0.39 is 5.91 Å². The minimum atomic E-state index is -0.400. The summed E-state index contributed by atoms with van der Waals surface area (Å²) in [5.41, 5.74) is 14.3. The van der Waals surface area contributed by atoms with Crippen LogP contribution in [0.2, 0.25) is 5.02 Å². The Morgan fingerprint density at radius 2 is 2.10 bits per heavy atom. The number of amides is 1. The number of hydrogen-bond donors (Lipinski definition) is 2. The van der Waals surface area contributed by atoms with Gasteiger partial charge >= 0.3 is 0 Å². The number of carbonyl (C=O) groups excluding carboxylic acids is 1. The molecule has 2 aromatic rings. The highest BCUT2D eigenvalue weighted by atomic mass is 35.5. The number of benzene rings is 1. The minimum absolute atomic E-state index is 0.221. The van der Waals surface area contributed by atoms with Gasteiger partial charge in [-0.05, 0) is 42.5 Å². The zero-order valence-electron chi connectivity index (χ0n) is 11.1. The van der Waals surface area contributed by atoms with E-state index in [2.05, 4.69) is 4.99 Å². The molecule has 6 heteroatoms. The fourth-order valence-electron chi connectivity index (χ4n) is 3.04. The summed E-state index contributed by atoms with van der Waals surface area (Å²) in [5.74, 6) is -0.621. The first-order valence-electron chi connectivity index (χ1n) is 6.42. The van der Waals surface area contributed by atoms with Crippen LogP contribution in [0.25, 0.3) is 10.9 Å². The summed E-state index contributed by atoms with van der Waals surface area (Å²) in [6.07, 6.45) is 2.82. The van der Waals surface area contributed by atoms with E-state index in [1.54, 1.807) is 0 Å². The number of halogens is 1. The second-order valence-electron chi connectivity index (χ2n) is 5.04. The number of aromatic nitrogens is 1. The standard InChI is InChI=1S/C14H15ClN4O/c1-19-10-6-8(15)5-7-3-2-4-9(11(7)10)12(19)13(20)18-14(16)17/h5-6H,2-4H2,1H3,(H4,16,17,18,20). The number of guanidine groups is 1. The highest BCUT2D eigenvalue weighted by Gasteiger charge is 2.25. The average molecular weight is 291 g/mol. The van der Waals surface area contributed by atoms with E-state index >= 15 is 0 Å². The van der Waals surface area contributed by atoms with Gasteiger partial charge in [-0.15, -0.1) is 0 Å². The molecule has 1 aliphatic rings. The van der Waals surface area contributed by atoms with Gasteiger partial charge in [0, 0.05) is 17.5 Å². The third kappa shape index (κ3) is 1.86. The summed E-state index contributed by atoms with van der Waals surface area (Å²) in [5, 5.41) is 1.81. The second-order valence-corrected chi connectivity index (χ2v) is 5.48. The van der Waals surface area contributed by atoms with Gasteiger partial charge in [0.1, 0.15) is 5.69 Å². The molecule has 0 aliphatic heterocycles. The Bertz CT molecular complexity index is 756. The molecule has 0 atom stereocenters. The molecule has 1 heterocycles. The quantitative estimate of drug-likeness (QED) is 0.619. The number of aliphatic imine (C=N–C) groups is 1. The van der Waals surface area contributed by atoms with Crippen molar-refractivity contribution in [3.63, 3.8) is 0 Å². The highest BCUT2D eigenvalue weighted by Crippen LogP contribution is 2.36. The summed E-state index contributed by atoms with van der Waals surface area (Å²) < 4.78 is 1.83. The van der Waals surface area contributed by atoms with Gasteiger partial charge in [0.25, 0.3) is 5.91 Å². The SMILES string of the molecule is Cn1c(C(=O)N=C(N)N)c2c3c(cc(Cl)cc31)CCC2. The zero-order valence-corrected chi connectivity index (χ0v) is 11.9. The number of hydrogen-bond acceptors (Lipinski definition) is 1. The molecule has 0 saturated carbocycles. The molecular weight excluding hydrogens is 276 g/mol. The summed E-state index contributed by atoms with van der Waals surface area (Å²) in [4.78, 5) is 15.9. The maximum Gasteiger partial charge on any atom is 0.297 e. The first-order chi connectivity index (χ1) is 9.49. The second kappa shape index (κ2) is 4.52. The summed E-state index contributed by atoms with van der Waals surface area (Å²) >= 11 is 6.16. The maximum absolute atomic E-state index is 12.2. The Kier molecular flexibility index (Phi) is 2.94. The van der Waals surface area contributed by atoms with Crippen LogP contribution in [0, 0.1) is 0 Å². The highest BCUT2D eigenvalue weighted by molar-refractivity contribution is 6.31. The molecular formula is C14H15ClN4O. The van der Waals surface area contributed by atoms with Gasteiger partial charge in [-0.1, -0.05) is 11.6 Å². The molecule has 1 aliphatic carbocycles. The molecule has 1 aromatic heterocycles. The number of aryl methyl sites for hydroxylation is 3. The van der Waals surface area contributed by atoms with E-state index in [9.17, 15) is 4.79 Å². The van der Waals surface area contributed by atoms with E-state index in [4.69, 9.17) is 23.1 Å². The van der Waals surface area contributed by atoms with Crippen molar-refractivity contribution >= 4 is 34.4 Å². The molecule has 0 unspecified atom stereocenters. The van der Waals surface area contributed by atoms with Crippen LogP contribution >= 0.6 is 11.6 Å². The van der Waals surface area contributed by atoms with Crippen LogP contribution in [0.5, 0.6) is 0 Å². The average Bonchev–Trinajstić information content (AvgIpc) is 2.63.